The maximum Gasteiger partial charge on any atom is 0.344 e. The summed E-state index contributed by atoms with van der Waals surface area (Å²) < 4.78 is 19.1. The van der Waals surface area contributed by atoms with Crippen molar-refractivity contribution in [1.82, 2.24) is 19.6 Å². The highest BCUT2D eigenvalue weighted by molar-refractivity contribution is 6.42. The molecular formula is C28H15Cl3N4O4. The normalized spacial score (nSPS) is 14.2. The Morgan fingerprint density at radius 3 is 2.69 bits per heavy atom. The number of hydrogen-bond donors (Lipinski definition) is 0. The largest absolute Gasteiger partial charge is 0.496 e. The number of aromatic nitrogens is 4. The molecule has 8 nitrogen and oxygen atoms in total. The Morgan fingerprint density at radius 1 is 1.00 bits per heavy atom. The van der Waals surface area contributed by atoms with Gasteiger partial charge in [0.25, 0.3) is 0 Å². The first-order chi connectivity index (χ1) is 18.9. The number of halogens is 3. The molecule has 0 spiro atoms. The van der Waals surface area contributed by atoms with Gasteiger partial charge in [-0.25, -0.2) is 19.3 Å². The molecule has 0 amide bonds. The van der Waals surface area contributed by atoms with E-state index in [2.05, 4.69) is 10.1 Å². The molecule has 0 saturated carbocycles. The molecule has 3 aromatic carbocycles. The average Bonchev–Trinajstić information content (AvgIpc) is 3.38. The molecule has 1 unspecified atom stereocenters. The summed E-state index contributed by atoms with van der Waals surface area (Å²) in [6, 6.07) is 17.6. The van der Waals surface area contributed by atoms with E-state index in [4.69, 9.17) is 53.7 Å². The van der Waals surface area contributed by atoms with E-state index in [9.17, 15) is 4.79 Å². The predicted octanol–water partition coefficient (Wildman–Crippen LogP) is 7.15. The molecule has 39 heavy (non-hydrogen) atoms. The summed E-state index contributed by atoms with van der Waals surface area (Å²) >= 11 is 19.4. The SMILES string of the molecule is COc1ccc(Cl)cc1-c1nc2c3c(ncn2n1)Oc1c(c(=O)oc2ccccc12)C3c1cccc(Cl)c1Cl. The van der Waals surface area contributed by atoms with Crippen LogP contribution >= 0.6 is 34.8 Å². The molecular weight excluding hydrogens is 563 g/mol. The first-order valence-electron chi connectivity index (χ1n) is 11.7. The van der Waals surface area contributed by atoms with Crippen molar-refractivity contribution in [2.24, 2.45) is 0 Å². The first-order valence-corrected chi connectivity index (χ1v) is 12.8. The fourth-order valence-electron chi connectivity index (χ4n) is 4.95. The van der Waals surface area contributed by atoms with E-state index >= 15 is 0 Å². The second kappa shape index (κ2) is 8.98. The average molecular weight is 578 g/mol. The van der Waals surface area contributed by atoms with Crippen LogP contribution in [0.3, 0.4) is 0 Å². The molecule has 7 rings (SSSR count). The lowest BCUT2D eigenvalue weighted by atomic mass is 9.84. The van der Waals surface area contributed by atoms with Gasteiger partial charge in [0, 0.05) is 5.02 Å². The zero-order valence-corrected chi connectivity index (χ0v) is 22.3. The molecule has 4 heterocycles. The molecule has 3 aromatic heterocycles. The van der Waals surface area contributed by atoms with Crippen LogP contribution in [0.1, 0.15) is 22.6 Å². The van der Waals surface area contributed by atoms with E-state index < -0.39 is 11.5 Å². The number of methoxy groups -OCH3 is 1. The van der Waals surface area contributed by atoms with E-state index in [1.165, 1.54) is 10.8 Å². The predicted molar refractivity (Wildman–Crippen MR) is 148 cm³/mol. The van der Waals surface area contributed by atoms with Crippen LogP contribution in [0.25, 0.3) is 28.0 Å². The van der Waals surface area contributed by atoms with Gasteiger partial charge in [0.15, 0.2) is 17.2 Å². The molecule has 0 bridgehead atoms. The van der Waals surface area contributed by atoms with Crippen molar-refractivity contribution >= 4 is 51.4 Å². The van der Waals surface area contributed by atoms with Crippen molar-refractivity contribution in [2.45, 2.75) is 5.92 Å². The highest BCUT2D eigenvalue weighted by Gasteiger charge is 2.38. The van der Waals surface area contributed by atoms with Crippen molar-refractivity contribution in [3.8, 4) is 28.8 Å². The van der Waals surface area contributed by atoms with Crippen molar-refractivity contribution in [3.05, 3.63) is 109 Å². The number of hydrogen-bond acceptors (Lipinski definition) is 7. The molecule has 11 heteroatoms. The van der Waals surface area contributed by atoms with Crippen LogP contribution in [-0.4, -0.2) is 26.7 Å². The number of para-hydroxylation sites is 1. The molecule has 0 N–H and O–H groups in total. The number of nitrogens with zero attached hydrogens (tertiary/aromatic N) is 4. The van der Waals surface area contributed by atoms with Gasteiger partial charge in [-0.15, -0.1) is 5.10 Å². The van der Waals surface area contributed by atoms with Crippen LogP contribution in [0.5, 0.6) is 17.4 Å². The van der Waals surface area contributed by atoms with Crippen molar-refractivity contribution < 1.29 is 13.9 Å². The Kier molecular flexibility index (Phi) is 5.52. The Labute approximate surface area is 235 Å². The zero-order chi connectivity index (χ0) is 26.8. The molecule has 1 aliphatic heterocycles. The minimum absolute atomic E-state index is 0.254. The van der Waals surface area contributed by atoms with E-state index in [0.717, 1.165) is 0 Å². The molecule has 6 aromatic rings. The first kappa shape index (κ1) is 24.0. The van der Waals surface area contributed by atoms with Crippen LogP contribution in [0.15, 0.2) is 76.2 Å². The topological polar surface area (TPSA) is 91.8 Å². The molecule has 1 aliphatic rings. The van der Waals surface area contributed by atoms with Gasteiger partial charge in [0.05, 0.1) is 45.1 Å². The van der Waals surface area contributed by atoms with Crippen molar-refractivity contribution in [2.75, 3.05) is 7.11 Å². The van der Waals surface area contributed by atoms with Gasteiger partial charge in [0.1, 0.15) is 17.7 Å². The lowest BCUT2D eigenvalue weighted by molar-refractivity contribution is 0.416. The molecule has 0 saturated heterocycles. The fraction of sp³-hybridized carbons (Fsp3) is 0.0714. The molecule has 1 atom stereocenters. The summed E-state index contributed by atoms with van der Waals surface area (Å²) in [5.74, 6) is 0.703. The maximum absolute atomic E-state index is 13.5. The van der Waals surface area contributed by atoms with Gasteiger partial charge in [-0.05, 0) is 42.0 Å². The quantitative estimate of drug-likeness (QED) is 0.206. The summed E-state index contributed by atoms with van der Waals surface area (Å²) in [6.45, 7) is 0. The van der Waals surface area contributed by atoms with Crippen LogP contribution < -0.4 is 15.1 Å². The van der Waals surface area contributed by atoms with E-state index in [1.54, 1.807) is 55.6 Å². The summed E-state index contributed by atoms with van der Waals surface area (Å²) in [7, 11) is 1.55. The van der Waals surface area contributed by atoms with Gasteiger partial charge in [-0.2, -0.15) is 0 Å². The molecule has 0 aliphatic carbocycles. The number of fused-ring (bicyclic) bond motifs is 6. The smallest absolute Gasteiger partial charge is 0.344 e. The Bertz CT molecular complexity index is 2020. The minimum Gasteiger partial charge on any atom is -0.496 e. The fourth-order valence-corrected chi connectivity index (χ4v) is 5.54. The standard InChI is InChI=1S/C28H15Cl3N4O4/c1-37-18-10-9-13(29)11-16(18)25-33-26-22-20(15-6-4-7-17(30)23(15)31)21-24(39-27(22)32-12-35(26)34-25)14-5-2-3-8-19(14)38-28(21)36/h2-12,20H,1H3. The second-order valence-electron chi connectivity index (χ2n) is 8.82. The van der Waals surface area contributed by atoms with Crippen molar-refractivity contribution in [1.29, 1.82) is 0 Å². The van der Waals surface area contributed by atoms with Gasteiger partial charge in [-0.3, -0.25) is 0 Å². The molecule has 0 radical (unpaired) electrons. The van der Waals surface area contributed by atoms with Crippen LogP contribution in [0.4, 0.5) is 0 Å². The molecule has 192 valence electrons. The monoisotopic (exact) mass is 576 g/mol. The summed E-state index contributed by atoms with van der Waals surface area (Å²) in [6.07, 6.45) is 1.50. The van der Waals surface area contributed by atoms with E-state index in [0.29, 0.717) is 60.7 Å². The highest BCUT2D eigenvalue weighted by atomic mass is 35.5. The number of benzene rings is 3. The molecule has 0 fully saturated rings. The Morgan fingerprint density at radius 2 is 1.85 bits per heavy atom. The third-order valence-electron chi connectivity index (χ3n) is 6.66. The Hall–Kier alpha value is -4.11. The van der Waals surface area contributed by atoms with Crippen LogP contribution in [0.2, 0.25) is 15.1 Å². The van der Waals surface area contributed by atoms with Crippen LogP contribution in [0, 0.1) is 0 Å². The van der Waals surface area contributed by atoms with Gasteiger partial charge in [-0.1, -0.05) is 59.1 Å². The van der Waals surface area contributed by atoms with Gasteiger partial charge >= 0.3 is 5.63 Å². The third-order valence-corrected chi connectivity index (χ3v) is 7.73. The number of ether oxygens (including phenoxy) is 2. The van der Waals surface area contributed by atoms with Gasteiger partial charge < -0.3 is 13.9 Å². The minimum atomic E-state index is -0.773. The number of rotatable bonds is 3. The highest BCUT2D eigenvalue weighted by Crippen LogP contribution is 2.50. The summed E-state index contributed by atoms with van der Waals surface area (Å²) in [4.78, 5) is 22.9. The van der Waals surface area contributed by atoms with Crippen LogP contribution in [-0.2, 0) is 0 Å². The van der Waals surface area contributed by atoms with Gasteiger partial charge in [0.2, 0.25) is 5.88 Å². The van der Waals surface area contributed by atoms with E-state index in [-0.39, 0.29) is 16.5 Å². The lowest BCUT2D eigenvalue weighted by Crippen LogP contribution is -2.22. The maximum atomic E-state index is 13.5. The summed E-state index contributed by atoms with van der Waals surface area (Å²) in [5, 5.41) is 6.36. The second-order valence-corrected chi connectivity index (χ2v) is 10.0. The third kappa shape index (κ3) is 3.67. The lowest BCUT2D eigenvalue weighted by Gasteiger charge is -2.28. The zero-order valence-electron chi connectivity index (χ0n) is 20.0. The van der Waals surface area contributed by atoms with Crippen molar-refractivity contribution in [3.63, 3.8) is 0 Å². The Balaban J connectivity index is 1.57. The van der Waals surface area contributed by atoms with E-state index in [1.807, 2.05) is 12.1 Å². The summed E-state index contributed by atoms with van der Waals surface area (Å²) in [5.41, 5.74) is 2.10.